The number of hydrogen-bond donors (Lipinski definition) is 1. The monoisotopic (exact) mass is 304 g/mol. The quantitative estimate of drug-likeness (QED) is 0.864. The second-order valence-corrected chi connectivity index (χ2v) is 7.53. The highest BCUT2D eigenvalue weighted by atomic mass is 32.2. The fraction of sp³-hybridized carbons (Fsp3) is 0.688. The Morgan fingerprint density at radius 1 is 1.38 bits per heavy atom. The summed E-state index contributed by atoms with van der Waals surface area (Å²) in [5.74, 6) is 0. The number of nitrogens with zero attached hydrogens (tertiary/aromatic N) is 3. The molecule has 1 aliphatic carbocycles. The number of nitrogens with one attached hydrogen (secondary N) is 1. The van der Waals surface area contributed by atoms with Crippen LogP contribution in [0.5, 0.6) is 0 Å². The first kappa shape index (κ1) is 16.3. The predicted molar refractivity (Wildman–Crippen MR) is 86.2 cm³/mol. The number of thioether (sulfide) groups is 1. The van der Waals surface area contributed by atoms with Gasteiger partial charge in [0.25, 0.3) is 0 Å². The molecule has 1 N–H and O–H groups in total. The zero-order chi connectivity index (χ0) is 15.5. The minimum Gasteiger partial charge on any atom is -0.297 e. The summed E-state index contributed by atoms with van der Waals surface area (Å²) in [6.07, 6.45) is 4.01. The van der Waals surface area contributed by atoms with E-state index >= 15 is 0 Å². The van der Waals surface area contributed by atoms with E-state index < -0.39 is 0 Å². The second kappa shape index (κ2) is 6.76. The van der Waals surface area contributed by atoms with E-state index in [1.165, 1.54) is 0 Å². The van der Waals surface area contributed by atoms with Gasteiger partial charge < -0.3 is 0 Å². The van der Waals surface area contributed by atoms with Gasteiger partial charge in [0.2, 0.25) is 0 Å². The maximum Gasteiger partial charge on any atom is 0.188 e. The van der Waals surface area contributed by atoms with E-state index in [1.807, 2.05) is 19.9 Å². The molecule has 0 saturated heterocycles. The van der Waals surface area contributed by atoms with Crippen LogP contribution in [0.15, 0.2) is 11.2 Å². The molecule has 1 fully saturated rings. The number of aryl methyl sites for hydroxylation is 2. The van der Waals surface area contributed by atoms with Gasteiger partial charge >= 0.3 is 0 Å². The summed E-state index contributed by atoms with van der Waals surface area (Å²) in [5.41, 5.74) is 1.63. The first-order valence-electron chi connectivity index (χ1n) is 7.60. The number of rotatable bonds is 4. The van der Waals surface area contributed by atoms with Gasteiger partial charge in [-0.05, 0) is 59.4 Å². The van der Waals surface area contributed by atoms with E-state index in [1.54, 1.807) is 11.8 Å². The third-order valence-electron chi connectivity index (χ3n) is 3.72. The Labute approximate surface area is 131 Å². The third kappa shape index (κ3) is 4.42. The molecule has 0 spiro atoms. The van der Waals surface area contributed by atoms with E-state index in [9.17, 15) is 5.26 Å². The minimum atomic E-state index is -0.386. The number of nitriles is 1. The highest BCUT2D eigenvalue weighted by Gasteiger charge is 2.37. The molecule has 21 heavy (non-hydrogen) atoms. The van der Waals surface area contributed by atoms with Crippen LogP contribution in [0.1, 0.15) is 50.9 Å². The topological polar surface area (TPSA) is 61.6 Å². The largest absolute Gasteiger partial charge is 0.297 e. The van der Waals surface area contributed by atoms with Gasteiger partial charge in [0, 0.05) is 22.7 Å². The van der Waals surface area contributed by atoms with Crippen LogP contribution in [-0.2, 0) is 0 Å². The normalized spacial score (nSPS) is 25.8. The average Bonchev–Trinajstić information content (AvgIpc) is 2.37. The Hall–Kier alpha value is -1.12. The highest BCUT2D eigenvalue weighted by Crippen LogP contribution is 2.37. The van der Waals surface area contributed by atoms with Crippen LogP contribution >= 0.6 is 11.8 Å². The van der Waals surface area contributed by atoms with Crippen molar-refractivity contribution in [2.24, 2.45) is 0 Å². The van der Waals surface area contributed by atoms with Gasteiger partial charge in [-0.25, -0.2) is 9.97 Å². The van der Waals surface area contributed by atoms with E-state index in [-0.39, 0.29) is 5.54 Å². The number of hydrogen-bond acceptors (Lipinski definition) is 5. The van der Waals surface area contributed by atoms with Crippen molar-refractivity contribution < 1.29 is 0 Å². The summed E-state index contributed by atoms with van der Waals surface area (Å²) in [6.45, 7) is 8.20. The Morgan fingerprint density at radius 2 is 2.05 bits per heavy atom. The van der Waals surface area contributed by atoms with E-state index in [0.29, 0.717) is 11.3 Å². The Bertz CT molecular complexity index is 517. The molecule has 1 saturated carbocycles. The van der Waals surface area contributed by atoms with Crippen molar-refractivity contribution in [2.45, 2.75) is 75.4 Å². The zero-order valence-corrected chi connectivity index (χ0v) is 14.1. The molecular formula is C16H24N4S. The number of aromatic nitrogens is 2. The zero-order valence-electron chi connectivity index (χ0n) is 13.3. The molecule has 1 aliphatic rings. The van der Waals surface area contributed by atoms with Gasteiger partial charge in [-0.3, -0.25) is 5.32 Å². The van der Waals surface area contributed by atoms with Crippen LogP contribution in [0.2, 0.25) is 0 Å². The maximum absolute atomic E-state index is 9.61. The maximum atomic E-state index is 9.61. The lowest BCUT2D eigenvalue weighted by molar-refractivity contribution is 0.284. The van der Waals surface area contributed by atoms with Crippen molar-refractivity contribution in [3.05, 3.63) is 17.5 Å². The van der Waals surface area contributed by atoms with Crippen LogP contribution in [-0.4, -0.2) is 26.8 Å². The van der Waals surface area contributed by atoms with Gasteiger partial charge in [0.1, 0.15) is 5.54 Å². The van der Waals surface area contributed by atoms with Gasteiger partial charge in [-0.15, -0.1) is 0 Å². The fourth-order valence-corrected chi connectivity index (χ4v) is 4.38. The van der Waals surface area contributed by atoms with Crippen molar-refractivity contribution in [1.29, 1.82) is 5.26 Å². The summed E-state index contributed by atoms with van der Waals surface area (Å²) < 4.78 is 0. The first-order chi connectivity index (χ1) is 9.92. The Kier molecular flexibility index (Phi) is 5.23. The van der Waals surface area contributed by atoms with Crippen molar-refractivity contribution in [3.8, 4) is 6.07 Å². The third-order valence-corrected chi connectivity index (χ3v) is 4.85. The summed E-state index contributed by atoms with van der Waals surface area (Å²) in [7, 11) is 0. The minimum absolute atomic E-state index is 0.325. The van der Waals surface area contributed by atoms with Crippen LogP contribution in [0.3, 0.4) is 0 Å². The van der Waals surface area contributed by atoms with Crippen molar-refractivity contribution >= 4 is 11.8 Å². The molecule has 1 aromatic heterocycles. The smallest absolute Gasteiger partial charge is 0.188 e. The molecular weight excluding hydrogens is 280 g/mol. The van der Waals surface area contributed by atoms with Crippen molar-refractivity contribution in [1.82, 2.24) is 15.3 Å². The van der Waals surface area contributed by atoms with Crippen LogP contribution in [0.4, 0.5) is 0 Å². The van der Waals surface area contributed by atoms with Crippen molar-refractivity contribution in [3.63, 3.8) is 0 Å². The molecule has 2 unspecified atom stereocenters. The van der Waals surface area contributed by atoms with Crippen LogP contribution in [0, 0.1) is 25.2 Å². The lowest BCUT2D eigenvalue weighted by Crippen LogP contribution is -2.51. The standard InChI is InChI=1S/C16H24N4S/c1-11(2)20-16(10-17)7-5-6-14(9-16)21-15-18-12(3)8-13(4)19-15/h8,11,14,20H,5-7,9H2,1-4H3. The summed E-state index contributed by atoms with van der Waals surface area (Å²) >= 11 is 1.72. The molecule has 0 amide bonds. The van der Waals surface area contributed by atoms with Crippen LogP contribution < -0.4 is 5.32 Å². The second-order valence-electron chi connectivity index (χ2n) is 6.26. The highest BCUT2D eigenvalue weighted by molar-refractivity contribution is 7.99. The predicted octanol–water partition coefficient (Wildman–Crippen LogP) is 3.39. The molecule has 1 aromatic rings. The SMILES string of the molecule is Cc1cc(C)nc(SC2CCCC(C#N)(NC(C)C)C2)n1. The molecule has 2 atom stereocenters. The van der Waals surface area contributed by atoms with Crippen LogP contribution in [0.25, 0.3) is 0 Å². The van der Waals surface area contributed by atoms with E-state index in [0.717, 1.165) is 42.2 Å². The lowest BCUT2D eigenvalue weighted by Gasteiger charge is -2.37. The molecule has 5 heteroatoms. The van der Waals surface area contributed by atoms with E-state index in [2.05, 4.69) is 35.2 Å². The Balaban J connectivity index is 2.09. The van der Waals surface area contributed by atoms with Gasteiger partial charge in [-0.1, -0.05) is 11.8 Å². The van der Waals surface area contributed by atoms with Gasteiger partial charge in [0.15, 0.2) is 5.16 Å². The molecule has 0 bridgehead atoms. The fourth-order valence-electron chi connectivity index (χ4n) is 3.04. The lowest BCUT2D eigenvalue weighted by atomic mass is 9.82. The molecule has 1 heterocycles. The van der Waals surface area contributed by atoms with Gasteiger partial charge in [-0.2, -0.15) is 5.26 Å². The molecule has 0 aromatic carbocycles. The molecule has 0 aliphatic heterocycles. The van der Waals surface area contributed by atoms with Gasteiger partial charge in [0.05, 0.1) is 6.07 Å². The summed E-state index contributed by atoms with van der Waals surface area (Å²) in [4.78, 5) is 9.02. The molecule has 4 nitrogen and oxygen atoms in total. The molecule has 114 valence electrons. The van der Waals surface area contributed by atoms with E-state index in [4.69, 9.17) is 0 Å². The molecule has 2 rings (SSSR count). The Morgan fingerprint density at radius 3 is 2.62 bits per heavy atom. The summed E-state index contributed by atoms with van der Waals surface area (Å²) in [5, 5.41) is 14.3. The summed E-state index contributed by atoms with van der Waals surface area (Å²) in [6, 6.07) is 4.84. The average molecular weight is 304 g/mol. The molecule has 0 radical (unpaired) electrons. The first-order valence-corrected chi connectivity index (χ1v) is 8.48. The van der Waals surface area contributed by atoms with Crippen molar-refractivity contribution in [2.75, 3.05) is 0 Å².